The molecule has 2 nitrogen and oxygen atoms in total. The lowest BCUT2D eigenvalue weighted by Gasteiger charge is -2.40. The van der Waals surface area contributed by atoms with Crippen LogP contribution in [0.3, 0.4) is 0 Å². The molecule has 0 aliphatic carbocycles. The summed E-state index contributed by atoms with van der Waals surface area (Å²) in [6, 6.07) is 20.2. The third-order valence-corrected chi connectivity index (χ3v) is 5.58. The Hall–Kier alpha value is -1.96. The summed E-state index contributed by atoms with van der Waals surface area (Å²) >= 11 is 0. The Morgan fingerprint density at radius 3 is 1.64 bits per heavy atom. The Balaban J connectivity index is 2.14. The van der Waals surface area contributed by atoms with Gasteiger partial charge < -0.3 is 9.47 Å². The molecule has 0 fully saturated rings. The fourth-order valence-electron chi connectivity index (χ4n) is 3.90. The van der Waals surface area contributed by atoms with E-state index in [9.17, 15) is 0 Å². The maximum atomic E-state index is 6.58. The van der Waals surface area contributed by atoms with Crippen molar-refractivity contribution in [1.82, 2.24) is 0 Å². The molecule has 0 saturated heterocycles. The van der Waals surface area contributed by atoms with Crippen molar-refractivity contribution >= 4 is 0 Å². The standard InChI is InChI=1S/C26H38O2/c1-4-7-8-9-10-13-18-23(5-2)26(6-3,27-24-19-14-11-15-20-24)28-25-21-16-12-17-22-25/h11-12,14-17,19-23H,4-10,13,18H2,1-3H3. The molecule has 0 heterocycles. The number of para-hydroxylation sites is 2. The first kappa shape index (κ1) is 22.3. The van der Waals surface area contributed by atoms with Crippen LogP contribution in [0.2, 0.25) is 0 Å². The van der Waals surface area contributed by atoms with E-state index in [1.807, 2.05) is 60.7 Å². The van der Waals surface area contributed by atoms with E-state index in [2.05, 4.69) is 20.8 Å². The first-order valence-electron chi connectivity index (χ1n) is 11.2. The molecule has 1 atom stereocenters. The molecule has 154 valence electrons. The van der Waals surface area contributed by atoms with Gasteiger partial charge in [-0.2, -0.15) is 0 Å². The summed E-state index contributed by atoms with van der Waals surface area (Å²) in [5.41, 5.74) is 0. The van der Waals surface area contributed by atoms with Gasteiger partial charge in [0.05, 0.1) is 0 Å². The molecule has 1 unspecified atom stereocenters. The van der Waals surface area contributed by atoms with Crippen LogP contribution in [-0.4, -0.2) is 5.79 Å². The van der Waals surface area contributed by atoms with Crippen molar-refractivity contribution < 1.29 is 9.47 Å². The molecule has 0 radical (unpaired) electrons. The van der Waals surface area contributed by atoms with Gasteiger partial charge in [-0.15, -0.1) is 0 Å². The lowest BCUT2D eigenvalue weighted by Crippen LogP contribution is -2.49. The predicted molar refractivity (Wildman–Crippen MR) is 119 cm³/mol. The van der Waals surface area contributed by atoms with Crippen LogP contribution in [-0.2, 0) is 0 Å². The summed E-state index contributed by atoms with van der Waals surface area (Å²) in [6.45, 7) is 6.70. The molecule has 0 spiro atoms. The highest BCUT2D eigenvalue weighted by Crippen LogP contribution is 2.36. The Bertz CT molecular complexity index is 582. The first-order valence-corrected chi connectivity index (χ1v) is 11.2. The number of ether oxygens (including phenoxy) is 2. The molecule has 0 aliphatic heterocycles. The van der Waals surface area contributed by atoms with Gasteiger partial charge in [0.25, 0.3) is 5.79 Å². The van der Waals surface area contributed by atoms with E-state index in [0.29, 0.717) is 5.92 Å². The van der Waals surface area contributed by atoms with Gasteiger partial charge in [-0.05, 0) is 37.1 Å². The van der Waals surface area contributed by atoms with Gasteiger partial charge in [-0.25, -0.2) is 0 Å². The smallest absolute Gasteiger partial charge is 0.253 e. The average molecular weight is 383 g/mol. The predicted octanol–water partition coefficient (Wildman–Crippen LogP) is 8.03. The van der Waals surface area contributed by atoms with Crippen LogP contribution >= 0.6 is 0 Å². The van der Waals surface area contributed by atoms with Crippen LogP contribution in [0, 0.1) is 5.92 Å². The maximum Gasteiger partial charge on any atom is 0.253 e. The van der Waals surface area contributed by atoms with E-state index < -0.39 is 5.79 Å². The van der Waals surface area contributed by atoms with E-state index in [-0.39, 0.29) is 0 Å². The van der Waals surface area contributed by atoms with E-state index in [4.69, 9.17) is 9.47 Å². The minimum atomic E-state index is -0.638. The molecule has 0 bridgehead atoms. The summed E-state index contributed by atoms with van der Waals surface area (Å²) < 4.78 is 13.2. The number of hydrogen-bond acceptors (Lipinski definition) is 2. The largest absolute Gasteiger partial charge is 0.452 e. The quantitative estimate of drug-likeness (QED) is 0.243. The van der Waals surface area contributed by atoms with Gasteiger partial charge in [-0.1, -0.05) is 95.7 Å². The molecular weight excluding hydrogens is 344 g/mol. The Morgan fingerprint density at radius 1 is 0.679 bits per heavy atom. The van der Waals surface area contributed by atoms with E-state index in [1.165, 1.54) is 38.5 Å². The van der Waals surface area contributed by atoms with Crippen molar-refractivity contribution in [2.45, 2.75) is 84.3 Å². The lowest BCUT2D eigenvalue weighted by molar-refractivity contribution is -0.162. The van der Waals surface area contributed by atoms with Gasteiger partial charge in [0.1, 0.15) is 11.5 Å². The highest BCUT2D eigenvalue weighted by molar-refractivity contribution is 5.24. The fourth-order valence-corrected chi connectivity index (χ4v) is 3.90. The Labute approximate surface area is 172 Å². The Kier molecular flexibility index (Phi) is 9.96. The van der Waals surface area contributed by atoms with E-state index in [1.54, 1.807) is 0 Å². The highest BCUT2D eigenvalue weighted by Gasteiger charge is 2.41. The number of rotatable bonds is 14. The van der Waals surface area contributed by atoms with Gasteiger partial charge in [0.15, 0.2) is 0 Å². The van der Waals surface area contributed by atoms with Gasteiger partial charge in [-0.3, -0.25) is 0 Å². The van der Waals surface area contributed by atoms with Crippen molar-refractivity contribution in [2.75, 3.05) is 0 Å². The molecule has 2 aromatic rings. The summed E-state index contributed by atoms with van der Waals surface area (Å²) in [7, 11) is 0. The average Bonchev–Trinajstić information content (AvgIpc) is 2.74. The Morgan fingerprint density at radius 2 is 1.18 bits per heavy atom. The summed E-state index contributed by atoms with van der Waals surface area (Å²) in [5, 5.41) is 0. The maximum absolute atomic E-state index is 6.58. The van der Waals surface area contributed by atoms with Crippen LogP contribution in [0.15, 0.2) is 60.7 Å². The van der Waals surface area contributed by atoms with Gasteiger partial charge in [0, 0.05) is 12.3 Å². The fraction of sp³-hybridized carbons (Fsp3) is 0.538. The summed E-state index contributed by atoms with van der Waals surface area (Å²) in [5.74, 6) is 1.47. The molecule has 0 aromatic heterocycles. The molecule has 28 heavy (non-hydrogen) atoms. The molecule has 0 N–H and O–H groups in total. The van der Waals surface area contributed by atoms with Crippen molar-refractivity contribution in [2.24, 2.45) is 5.92 Å². The van der Waals surface area contributed by atoms with E-state index >= 15 is 0 Å². The van der Waals surface area contributed by atoms with Crippen LogP contribution < -0.4 is 9.47 Å². The van der Waals surface area contributed by atoms with Crippen LogP contribution in [0.25, 0.3) is 0 Å². The van der Waals surface area contributed by atoms with E-state index in [0.717, 1.165) is 30.8 Å². The summed E-state index contributed by atoms with van der Waals surface area (Å²) in [6.07, 6.45) is 10.9. The van der Waals surface area contributed by atoms with Gasteiger partial charge >= 0.3 is 0 Å². The SMILES string of the molecule is CCCCCCCCC(CC)C(CC)(Oc1ccccc1)Oc1ccccc1. The summed E-state index contributed by atoms with van der Waals surface area (Å²) in [4.78, 5) is 0. The topological polar surface area (TPSA) is 18.5 Å². The monoisotopic (exact) mass is 382 g/mol. The third kappa shape index (κ3) is 6.89. The van der Waals surface area contributed by atoms with Crippen LogP contribution in [0.4, 0.5) is 0 Å². The van der Waals surface area contributed by atoms with Crippen molar-refractivity contribution in [3.05, 3.63) is 60.7 Å². The minimum absolute atomic E-state index is 0.351. The molecular formula is C26H38O2. The van der Waals surface area contributed by atoms with Crippen LogP contribution in [0.1, 0.15) is 78.6 Å². The molecule has 0 saturated carbocycles. The number of hydrogen-bond donors (Lipinski definition) is 0. The zero-order valence-corrected chi connectivity index (χ0v) is 18.0. The number of benzene rings is 2. The van der Waals surface area contributed by atoms with Crippen molar-refractivity contribution in [3.8, 4) is 11.5 Å². The zero-order chi connectivity index (χ0) is 20.1. The minimum Gasteiger partial charge on any atom is -0.452 e. The number of unbranched alkanes of at least 4 members (excludes halogenated alkanes) is 5. The second-order valence-corrected chi connectivity index (χ2v) is 7.66. The third-order valence-electron chi connectivity index (χ3n) is 5.58. The molecule has 2 rings (SSSR count). The lowest BCUT2D eigenvalue weighted by atomic mass is 9.87. The normalized spacial score (nSPS) is 12.5. The van der Waals surface area contributed by atoms with Crippen LogP contribution in [0.5, 0.6) is 11.5 Å². The highest BCUT2D eigenvalue weighted by atomic mass is 16.7. The second kappa shape index (κ2) is 12.5. The van der Waals surface area contributed by atoms with Gasteiger partial charge in [0.2, 0.25) is 0 Å². The molecule has 0 amide bonds. The second-order valence-electron chi connectivity index (χ2n) is 7.66. The molecule has 2 heteroatoms. The zero-order valence-electron chi connectivity index (χ0n) is 18.0. The van der Waals surface area contributed by atoms with Crippen molar-refractivity contribution in [1.29, 1.82) is 0 Å². The first-order chi connectivity index (χ1) is 13.7. The molecule has 2 aromatic carbocycles. The molecule has 0 aliphatic rings. The van der Waals surface area contributed by atoms with Crippen molar-refractivity contribution in [3.63, 3.8) is 0 Å².